The zero-order valence-electron chi connectivity index (χ0n) is 13.3. The summed E-state index contributed by atoms with van der Waals surface area (Å²) in [6, 6.07) is 14.3. The van der Waals surface area contributed by atoms with E-state index in [2.05, 4.69) is 5.32 Å². The molecule has 6 heteroatoms. The van der Waals surface area contributed by atoms with Crippen LogP contribution in [0, 0.1) is 0 Å². The highest BCUT2D eigenvalue weighted by atomic mass is 32.2. The van der Waals surface area contributed by atoms with E-state index in [9.17, 15) is 13.2 Å². The van der Waals surface area contributed by atoms with Crippen molar-refractivity contribution in [2.24, 2.45) is 0 Å². The number of benzene rings is 2. The van der Waals surface area contributed by atoms with Crippen LogP contribution < -0.4 is 10.0 Å². The summed E-state index contributed by atoms with van der Waals surface area (Å²) in [6.07, 6.45) is 0. The number of amides is 2. The van der Waals surface area contributed by atoms with Crippen molar-refractivity contribution in [3.05, 3.63) is 60.2 Å². The van der Waals surface area contributed by atoms with E-state index in [0.29, 0.717) is 5.69 Å². The van der Waals surface area contributed by atoms with Crippen molar-refractivity contribution >= 4 is 21.7 Å². The molecule has 0 aromatic heterocycles. The molecule has 2 aromatic rings. The predicted molar refractivity (Wildman–Crippen MR) is 90.9 cm³/mol. The first-order chi connectivity index (χ1) is 10.7. The molecule has 0 bridgehead atoms. The van der Waals surface area contributed by atoms with E-state index in [0.717, 1.165) is 5.56 Å². The van der Waals surface area contributed by atoms with Gasteiger partial charge in [-0.15, -0.1) is 0 Å². The maximum Gasteiger partial charge on any atom is 0.333 e. The Morgan fingerprint density at radius 3 is 2.00 bits per heavy atom. The molecule has 0 aliphatic heterocycles. The van der Waals surface area contributed by atoms with E-state index in [1.54, 1.807) is 42.5 Å². The summed E-state index contributed by atoms with van der Waals surface area (Å²) in [5.41, 5.74) is 1.47. The van der Waals surface area contributed by atoms with Crippen molar-refractivity contribution in [2.75, 3.05) is 5.32 Å². The first-order valence-corrected chi connectivity index (χ1v) is 8.66. The van der Waals surface area contributed by atoms with Crippen molar-refractivity contribution in [2.45, 2.75) is 31.1 Å². The molecule has 23 heavy (non-hydrogen) atoms. The van der Waals surface area contributed by atoms with E-state index in [1.165, 1.54) is 12.1 Å². The lowest BCUT2D eigenvalue weighted by Gasteiger charge is -2.19. The molecule has 0 aliphatic rings. The van der Waals surface area contributed by atoms with Crippen LogP contribution in [-0.4, -0.2) is 14.4 Å². The van der Waals surface area contributed by atoms with Crippen molar-refractivity contribution in [1.29, 1.82) is 0 Å². The summed E-state index contributed by atoms with van der Waals surface area (Å²) in [4.78, 5) is 11.9. The highest BCUT2D eigenvalue weighted by Gasteiger charge is 2.19. The van der Waals surface area contributed by atoms with Crippen molar-refractivity contribution < 1.29 is 13.2 Å². The second kappa shape index (κ2) is 6.42. The smallest absolute Gasteiger partial charge is 0.307 e. The molecule has 2 N–H and O–H groups in total. The molecule has 0 radical (unpaired) electrons. The van der Waals surface area contributed by atoms with Crippen molar-refractivity contribution in [1.82, 2.24) is 4.72 Å². The number of rotatable bonds is 3. The summed E-state index contributed by atoms with van der Waals surface area (Å²) in [6.45, 7) is 6.13. The number of nitrogens with one attached hydrogen (secondary N) is 2. The lowest BCUT2D eigenvalue weighted by atomic mass is 9.87. The number of anilines is 1. The van der Waals surface area contributed by atoms with E-state index in [1.807, 2.05) is 25.5 Å². The Morgan fingerprint density at radius 1 is 0.913 bits per heavy atom. The van der Waals surface area contributed by atoms with Gasteiger partial charge in [0, 0.05) is 5.69 Å². The Morgan fingerprint density at radius 2 is 1.48 bits per heavy atom. The maximum atomic E-state index is 12.2. The van der Waals surface area contributed by atoms with Gasteiger partial charge in [-0.3, -0.25) is 0 Å². The molecule has 122 valence electrons. The molecule has 5 nitrogen and oxygen atoms in total. The Bertz CT molecular complexity index is 777. The monoisotopic (exact) mass is 332 g/mol. The molecule has 0 fully saturated rings. The fourth-order valence-corrected chi connectivity index (χ4v) is 2.90. The Hall–Kier alpha value is -2.34. The first kappa shape index (κ1) is 17.0. The lowest BCUT2D eigenvalue weighted by molar-refractivity contribution is 0.256. The number of sulfonamides is 1. The Kier molecular flexibility index (Phi) is 4.75. The molecule has 0 spiro atoms. The summed E-state index contributed by atoms with van der Waals surface area (Å²) in [5, 5.41) is 2.47. The molecule has 0 heterocycles. The average molecular weight is 332 g/mol. The lowest BCUT2D eigenvalue weighted by Crippen LogP contribution is -2.34. The minimum Gasteiger partial charge on any atom is -0.307 e. The molecule has 2 amide bonds. The minimum atomic E-state index is -3.90. The number of hydrogen-bond donors (Lipinski definition) is 2. The summed E-state index contributed by atoms with van der Waals surface area (Å²) in [7, 11) is -3.90. The van der Waals surface area contributed by atoms with Gasteiger partial charge < -0.3 is 5.32 Å². The minimum absolute atomic E-state index is 0.0497. The van der Waals surface area contributed by atoms with Crippen LogP contribution in [0.5, 0.6) is 0 Å². The van der Waals surface area contributed by atoms with E-state index < -0.39 is 16.1 Å². The van der Waals surface area contributed by atoms with Gasteiger partial charge in [-0.2, -0.15) is 0 Å². The Labute approximate surface area is 136 Å². The largest absolute Gasteiger partial charge is 0.333 e. The molecular formula is C17H20N2O3S. The summed E-state index contributed by atoms with van der Waals surface area (Å²) in [5.74, 6) is 0. The van der Waals surface area contributed by atoms with Crippen LogP contribution in [0.1, 0.15) is 26.3 Å². The standard InChI is InChI=1S/C17H20N2O3S/c1-17(2,3)13-9-11-15(12-10-13)23(21,22)19-16(20)18-14-7-5-4-6-8-14/h4-12H,1-3H3,(H2,18,19,20). The highest BCUT2D eigenvalue weighted by molar-refractivity contribution is 7.90. The highest BCUT2D eigenvalue weighted by Crippen LogP contribution is 2.23. The normalized spacial score (nSPS) is 11.8. The van der Waals surface area contributed by atoms with Crippen LogP contribution in [0.25, 0.3) is 0 Å². The van der Waals surface area contributed by atoms with Crippen molar-refractivity contribution in [3.63, 3.8) is 0 Å². The van der Waals surface area contributed by atoms with Gasteiger partial charge in [0.05, 0.1) is 4.90 Å². The van der Waals surface area contributed by atoms with Gasteiger partial charge >= 0.3 is 6.03 Å². The quantitative estimate of drug-likeness (QED) is 0.903. The van der Waals surface area contributed by atoms with Gasteiger partial charge in [0.2, 0.25) is 0 Å². The number of para-hydroxylation sites is 1. The third-order valence-electron chi connectivity index (χ3n) is 3.29. The van der Waals surface area contributed by atoms with Gasteiger partial charge in [0.1, 0.15) is 0 Å². The fourth-order valence-electron chi connectivity index (χ4n) is 1.99. The zero-order valence-corrected chi connectivity index (χ0v) is 14.1. The number of urea groups is 1. The van der Waals surface area contributed by atoms with Crippen LogP contribution in [0.2, 0.25) is 0 Å². The molecule has 0 saturated carbocycles. The van der Waals surface area contributed by atoms with Crippen LogP contribution in [0.15, 0.2) is 59.5 Å². The van der Waals surface area contributed by atoms with Gasteiger partial charge in [0.15, 0.2) is 0 Å². The SMILES string of the molecule is CC(C)(C)c1ccc(S(=O)(=O)NC(=O)Nc2ccccc2)cc1. The van der Waals surface area contributed by atoms with E-state index >= 15 is 0 Å². The molecule has 0 saturated heterocycles. The summed E-state index contributed by atoms with van der Waals surface area (Å²) < 4.78 is 26.4. The maximum absolute atomic E-state index is 12.2. The van der Waals surface area contributed by atoms with Gasteiger partial charge in [-0.1, -0.05) is 51.1 Å². The number of carbonyl (C=O) groups excluding carboxylic acids is 1. The molecule has 0 aliphatic carbocycles. The van der Waals surface area contributed by atoms with Crippen LogP contribution in [-0.2, 0) is 15.4 Å². The second-order valence-corrected chi connectivity index (χ2v) is 7.88. The predicted octanol–water partition coefficient (Wildman–Crippen LogP) is 3.49. The molecule has 0 unspecified atom stereocenters. The van der Waals surface area contributed by atoms with Gasteiger partial charge in [-0.25, -0.2) is 17.9 Å². The fraction of sp³-hybridized carbons (Fsp3) is 0.235. The zero-order chi connectivity index (χ0) is 17.1. The second-order valence-electron chi connectivity index (χ2n) is 6.20. The number of hydrogen-bond acceptors (Lipinski definition) is 3. The summed E-state index contributed by atoms with van der Waals surface area (Å²) >= 11 is 0. The van der Waals surface area contributed by atoms with Crippen LogP contribution in [0.4, 0.5) is 10.5 Å². The topological polar surface area (TPSA) is 75.3 Å². The van der Waals surface area contributed by atoms with Crippen molar-refractivity contribution in [3.8, 4) is 0 Å². The third kappa shape index (κ3) is 4.56. The van der Waals surface area contributed by atoms with Gasteiger partial charge in [-0.05, 0) is 35.2 Å². The van der Waals surface area contributed by atoms with Crippen LogP contribution in [0.3, 0.4) is 0 Å². The molecule has 2 rings (SSSR count). The van der Waals surface area contributed by atoms with E-state index in [4.69, 9.17) is 0 Å². The average Bonchev–Trinajstić information content (AvgIpc) is 2.47. The molecule has 2 aromatic carbocycles. The molecule has 0 atom stereocenters. The third-order valence-corrected chi connectivity index (χ3v) is 4.64. The van der Waals surface area contributed by atoms with E-state index in [-0.39, 0.29) is 10.3 Å². The molecular weight excluding hydrogens is 312 g/mol. The Balaban J connectivity index is 2.11. The number of carbonyl (C=O) groups is 1. The van der Waals surface area contributed by atoms with Gasteiger partial charge in [0.25, 0.3) is 10.0 Å². The van der Waals surface area contributed by atoms with Crippen LogP contribution >= 0.6 is 0 Å². The first-order valence-electron chi connectivity index (χ1n) is 7.18.